The highest BCUT2D eigenvalue weighted by atomic mass is 16.5. The molecule has 2 heteroatoms. The highest BCUT2D eigenvalue weighted by Crippen LogP contribution is 2.21. The maximum absolute atomic E-state index is 5.69. The lowest BCUT2D eigenvalue weighted by atomic mass is 10.2. The number of hydrogen-bond acceptors (Lipinski definition) is 1. The zero-order valence-corrected chi connectivity index (χ0v) is 8.52. The van der Waals surface area contributed by atoms with Gasteiger partial charge in [0.15, 0.2) is 0 Å². The molecule has 0 bridgehead atoms. The number of ether oxygens (including phenoxy) is 1. The first-order chi connectivity index (χ1) is 7.38. The standard InChI is InChI=1S/C13H13NO/c14-10-11-5-4-8-13(9-11)15-12-6-2-1-3-7-12/h1-9H,10,14H2/p+1. The van der Waals surface area contributed by atoms with Crippen LogP contribution in [0, 0.1) is 0 Å². The van der Waals surface area contributed by atoms with Gasteiger partial charge in [-0.25, -0.2) is 0 Å². The second-order valence-corrected chi connectivity index (χ2v) is 3.31. The summed E-state index contributed by atoms with van der Waals surface area (Å²) in [4.78, 5) is 0. The summed E-state index contributed by atoms with van der Waals surface area (Å²) in [5.74, 6) is 1.72. The molecule has 0 aliphatic heterocycles. The second-order valence-electron chi connectivity index (χ2n) is 3.31. The van der Waals surface area contributed by atoms with Gasteiger partial charge in [0.1, 0.15) is 11.5 Å². The SMILES string of the molecule is [NH3+]Cc1cccc(Oc2ccccc2)c1. The van der Waals surface area contributed by atoms with E-state index in [4.69, 9.17) is 4.74 Å². The molecule has 0 fully saturated rings. The second kappa shape index (κ2) is 4.62. The summed E-state index contributed by atoms with van der Waals surface area (Å²) < 4.78 is 5.69. The maximum Gasteiger partial charge on any atom is 0.127 e. The first kappa shape index (κ1) is 9.74. The van der Waals surface area contributed by atoms with E-state index < -0.39 is 0 Å². The van der Waals surface area contributed by atoms with Gasteiger partial charge in [0, 0.05) is 5.56 Å². The molecule has 0 unspecified atom stereocenters. The van der Waals surface area contributed by atoms with Gasteiger partial charge in [0.25, 0.3) is 0 Å². The van der Waals surface area contributed by atoms with Crippen molar-refractivity contribution in [1.29, 1.82) is 0 Å². The molecule has 2 aromatic rings. The maximum atomic E-state index is 5.69. The van der Waals surface area contributed by atoms with E-state index in [-0.39, 0.29) is 0 Å². The van der Waals surface area contributed by atoms with E-state index in [1.165, 1.54) is 5.56 Å². The van der Waals surface area contributed by atoms with Gasteiger partial charge in [-0.1, -0.05) is 30.3 Å². The molecule has 0 saturated heterocycles. The minimum Gasteiger partial charge on any atom is -0.457 e. The summed E-state index contributed by atoms with van der Waals surface area (Å²) in [5, 5.41) is 0. The van der Waals surface area contributed by atoms with E-state index in [9.17, 15) is 0 Å². The molecule has 0 amide bonds. The van der Waals surface area contributed by atoms with Crippen molar-refractivity contribution < 1.29 is 10.5 Å². The molecule has 0 saturated carbocycles. The molecule has 0 atom stereocenters. The van der Waals surface area contributed by atoms with E-state index in [1.807, 2.05) is 54.6 Å². The molecule has 76 valence electrons. The van der Waals surface area contributed by atoms with Crippen LogP contribution in [0.3, 0.4) is 0 Å². The van der Waals surface area contributed by atoms with Crippen molar-refractivity contribution in [3.05, 3.63) is 60.2 Å². The molecule has 3 N–H and O–H groups in total. The Bertz CT molecular complexity index is 426. The number of hydrogen-bond donors (Lipinski definition) is 1. The third-order valence-corrected chi connectivity index (χ3v) is 2.17. The van der Waals surface area contributed by atoms with E-state index in [1.54, 1.807) is 0 Å². The average Bonchev–Trinajstić information content (AvgIpc) is 2.31. The smallest absolute Gasteiger partial charge is 0.127 e. The highest BCUT2D eigenvalue weighted by molar-refractivity contribution is 5.33. The van der Waals surface area contributed by atoms with Crippen molar-refractivity contribution in [2.45, 2.75) is 6.54 Å². The Labute approximate surface area is 89.3 Å². The number of para-hydroxylation sites is 1. The van der Waals surface area contributed by atoms with Gasteiger partial charge in [0.05, 0.1) is 6.54 Å². The first-order valence-electron chi connectivity index (χ1n) is 4.99. The molecule has 0 heterocycles. The predicted octanol–water partition coefficient (Wildman–Crippen LogP) is 2.22. The van der Waals surface area contributed by atoms with Crippen LogP contribution in [-0.2, 0) is 6.54 Å². The molecule has 2 aromatic carbocycles. The van der Waals surface area contributed by atoms with Gasteiger partial charge in [-0.05, 0) is 24.3 Å². The monoisotopic (exact) mass is 200 g/mol. The summed E-state index contributed by atoms with van der Waals surface area (Å²) in [6.45, 7) is 0.784. The van der Waals surface area contributed by atoms with Crippen molar-refractivity contribution in [3.63, 3.8) is 0 Å². The molecular weight excluding hydrogens is 186 g/mol. The fraction of sp³-hybridized carbons (Fsp3) is 0.0769. The minimum atomic E-state index is 0.784. The third-order valence-electron chi connectivity index (χ3n) is 2.17. The Kier molecular flexibility index (Phi) is 3.00. The molecule has 2 rings (SSSR count). The van der Waals surface area contributed by atoms with Crippen LogP contribution in [0.25, 0.3) is 0 Å². The Morgan fingerprint density at radius 2 is 1.60 bits per heavy atom. The fourth-order valence-corrected chi connectivity index (χ4v) is 1.39. The lowest BCUT2D eigenvalue weighted by molar-refractivity contribution is -0.386. The highest BCUT2D eigenvalue weighted by Gasteiger charge is 1.97. The van der Waals surface area contributed by atoms with Crippen LogP contribution in [0.2, 0.25) is 0 Å². The van der Waals surface area contributed by atoms with E-state index in [0.717, 1.165) is 18.0 Å². The Hall–Kier alpha value is -1.80. The summed E-state index contributed by atoms with van der Waals surface area (Å²) in [6, 6.07) is 17.8. The summed E-state index contributed by atoms with van der Waals surface area (Å²) in [6.07, 6.45) is 0. The van der Waals surface area contributed by atoms with Crippen LogP contribution in [-0.4, -0.2) is 0 Å². The van der Waals surface area contributed by atoms with Crippen LogP contribution in [0.4, 0.5) is 0 Å². The van der Waals surface area contributed by atoms with Gasteiger partial charge in [-0.3, -0.25) is 0 Å². The van der Waals surface area contributed by atoms with Crippen molar-refractivity contribution in [2.75, 3.05) is 0 Å². The quantitative estimate of drug-likeness (QED) is 0.810. The normalized spacial score (nSPS) is 9.93. The molecule has 0 aliphatic rings. The topological polar surface area (TPSA) is 36.9 Å². The molecule has 0 radical (unpaired) electrons. The summed E-state index contributed by atoms with van der Waals surface area (Å²) in [5.41, 5.74) is 5.03. The van der Waals surface area contributed by atoms with Gasteiger partial charge < -0.3 is 10.5 Å². The van der Waals surface area contributed by atoms with Crippen molar-refractivity contribution >= 4 is 0 Å². The van der Waals surface area contributed by atoms with Gasteiger partial charge in [0.2, 0.25) is 0 Å². The van der Waals surface area contributed by atoms with Crippen LogP contribution >= 0.6 is 0 Å². The zero-order valence-electron chi connectivity index (χ0n) is 8.52. The molecule has 0 aliphatic carbocycles. The Morgan fingerprint density at radius 3 is 2.33 bits per heavy atom. The molecule has 0 spiro atoms. The largest absolute Gasteiger partial charge is 0.457 e. The minimum absolute atomic E-state index is 0.784. The number of benzene rings is 2. The molecular formula is C13H14NO+. The van der Waals surface area contributed by atoms with E-state index >= 15 is 0 Å². The first-order valence-corrected chi connectivity index (χ1v) is 4.99. The van der Waals surface area contributed by atoms with Gasteiger partial charge >= 0.3 is 0 Å². The molecule has 2 nitrogen and oxygen atoms in total. The molecule has 15 heavy (non-hydrogen) atoms. The lowest BCUT2D eigenvalue weighted by Gasteiger charge is -2.05. The third kappa shape index (κ3) is 2.58. The molecule has 0 aromatic heterocycles. The number of rotatable bonds is 3. The predicted molar refractivity (Wildman–Crippen MR) is 59.6 cm³/mol. The summed E-state index contributed by atoms with van der Waals surface area (Å²) in [7, 11) is 0. The van der Waals surface area contributed by atoms with Crippen molar-refractivity contribution in [2.24, 2.45) is 0 Å². The van der Waals surface area contributed by atoms with Crippen molar-refractivity contribution in [1.82, 2.24) is 0 Å². The summed E-state index contributed by atoms with van der Waals surface area (Å²) >= 11 is 0. The van der Waals surface area contributed by atoms with E-state index in [0.29, 0.717) is 0 Å². The Morgan fingerprint density at radius 1 is 0.867 bits per heavy atom. The van der Waals surface area contributed by atoms with E-state index in [2.05, 4.69) is 5.73 Å². The number of quaternary nitrogens is 1. The fourth-order valence-electron chi connectivity index (χ4n) is 1.39. The van der Waals surface area contributed by atoms with Crippen LogP contribution < -0.4 is 10.5 Å². The van der Waals surface area contributed by atoms with Crippen LogP contribution in [0.5, 0.6) is 11.5 Å². The van der Waals surface area contributed by atoms with Gasteiger partial charge in [-0.2, -0.15) is 0 Å². The van der Waals surface area contributed by atoms with Gasteiger partial charge in [-0.15, -0.1) is 0 Å². The van der Waals surface area contributed by atoms with Crippen molar-refractivity contribution in [3.8, 4) is 11.5 Å². The Balaban J connectivity index is 2.17. The van der Waals surface area contributed by atoms with Crippen LogP contribution in [0.15, 0.2) is 54.6 Å². The average molecular weight is 200 g/mol. The van der Waals surface area contributed by atoms with Crippen LogP contribution in [0.1, 0.15) is 5.56 Å². The zero-order chi connectivity index (χ0) is 10.5. The lowest BCUT2D eigenvalue weighted by Crippen LogP contribution is -2.47.